The summed E-state index contributed by atoms with van der Waals surface area (Å²) in [6.07, 6.45) is 2.86. The van der Waals surface area contributed by atoms with Crippen LogP contribution in [0.2, 0.25) is 0 Å². The van der Waals surface area contributed by atoms with Crippen molar-refractivity contribution in [1.82, 2.24) is 9.80 Å². The van der Waals surface area contributed by atoms with E-state index in [9.17, 15) is 15.3 Å². The third-order valence-corrected chi connectivity index (χ3v) is 5.72. The molecule has 3 N–H and O–H groups in total. The minimum absolute atomic E-state index is 0.481. The van der Waals surface area contributed by atoms with E-state index >= 15 is 0 Å². The number of nitrogens with zero attached hydrogens (tertiary/aromatic N) is 2. The summed E-state index contributed by atoms with van der Waals surface area (Å²) in [5.41, 5.74) is 0. The second kappa shape index (κ2) is 6.50. The number of likely N-dealkylation sites (tertiary alicyclic amines) is 2. The van der Waals surface area contributed by atoms with E-state index in [4.69, 9.17) is 0 Å². The Morgan fingerprint density at radius 3 is 2.14 bits per heavy atom. The molecule has 0 bridgehead atoms. The summed E-state index contributed by atoms with van der Waals surface area (Å²) in [5.74, 6) is 1.47. The van der Waals surface area contributed by atoms with Crippen molar-refractivity contribution in [3.8, 4) is 0 Å². The zero-order chi connectivity index (χ0) is 15.0. The summed E-state index contributed by atoms with van der Waals surface area (Å²) < 4.78 is 0. The molecular weight excluding hydrogens is 268 g/mol. The maximum Gasteiger partial charge on any atom is 0.108 e. The first-order valence-electron chi connectivity index (χ1n) is 8.55. The normalized spacial score (nSPS) is 43.7. The van der Waals surface area contributed by atoms with Gasteiger partial charge >= 0.3 is 0 Å². The zero-order valence-corrected chi connectivity index (χ0v) is 13.1. The van der Waals surface area contributed by atoms with E-state index in [1.165, 1.54) is 25.7 Å². The van der Waals surface area contributed by atoms with Crippen molar-refractivity contribution in [3.63, 3.8) is 0 Å². The van der Waals surface area contributed by atoms with Gasteiger partial charge in [0.05, 0.1) is 12.2 Å². The highest BCUT2D eigenvalue weighted by Gasteiger charge is 2.39. The molecule has 0 aromatic heterocycles. The highest BCUT2D eigenvalue weighted by Crippen LogP contribution is 2.32. The van der Waals surface area contributed by atoms with E-state index < -0.39 is 18.3 Å². The Morgan fingerprint density at radius 1 is 0.905 bits per heavy atom. The predicted octanol–water partition coefficient (Wildman–Crippen LogP) is -0.105. The summed E-state index contributed by atoms with van der Waals surface area (Å²) >= 11 is 0. The molecule has 1 aliphatic carbocycles. The summed E-state index contributed by atoms with van der Waals surface area (Å²) in [6, 6.07) is 0.773. The van der Waals surface area contributed by atoms with Crippen LogP contribution < -0.4 is 0 Å². The third kappa shape index (κ3) is 3.42. The fraction of sp³-hybridized carbons (Fsp3) is 1.00. The van der Waals surface area contributed by atoms with Gasteiger partial charge in [-0.2, -0.15) is 0 Å². The fourth-order valence-electron chi connectivity index (χ4n) is 4.43. The Kier molecular flexibility index (Phi) is 4.86. The first-order valence-corrected chi connectivity index (χ1v) is 8.55. The van der Waals surface area contributed by atoms with Crippen molar-refractivity contribution in [1.29, 1.82) is 0 Å². The molecule has 0 aromatic carbocycles. The maximum absolute atomic E-state index is 9.75. The molecule has 5 atom stereocenters. The molecule has 5 nitrogen and oxygen atoms in total. The van der Waals surface area contributed by atoms with E-state index in [2.05, 4.69) is 16.7 Å². The van der Waals surface area contributed by atoms with Gasteiger partial charge in [0.2, 0.25) is 0 Å². The molecule has 2 saturated heterocycles. The van der Waals surface area contributed by atoms with E-state index in [-0.39, 0.29) is 0 Å². The third-order valence-electron chi connectivity index (χ3n) is 5.72. The number of rotatable bonds is 3. The Morgan fingerprint density at radius 2 is 1.52 bits per heavy atom. The van der Waals surface area contributed by atoms with Gasteiger partial charge in [-0.1, -0.05) is 19.8 Å². The van der Waals surface area contributed by atoms with Gasteiger partial charge in [0, 0.05) is 38.8 Å². The molecule has 3 aliphatic rings. The van der Waals surface area contributed by atoms with Gasteiger partial charge in [-0.3, -0.25) is 9.80 Å². The Bertz CT molecular complexity index is 336. The topological polar surface area (TPSA) is 67.2 Å². The largest absolute Gasteiger partial charge is 0.389 e. The van der Waals surface area contributed by atoms with Crippen molar-refractivity contribution >= 4 is 0 Å². The molecular formula is C16H30N2O3. The molecule has 21 heavy (non-hydrogen) atoms. The predicted molar refractivity (Wildman–Crippen MR) is 80.9 cm³/mol. The number of hydrogen-bond donors (Lipinski definition) is 3. The fourth-order valence-corrected chi connectivity index (χ4v) is 4.43. The Labute approximate surface area is 127 Å². The lowest BCUT2D eigenvalue weighted by atomic mass is 9.82. The number of hydrogen-bond acceptors (Lipinski definition) is 5. The van der Waals surface area contributed by atoms with Gasteiger partial charge in [-0.15, -0.1) is 0 Å². The average molecular weight is 298 g/mol. The molecule has 0 spiro atoms. The van der Waals surface area contributed by atoms with Gasteiger partial charge in [-0.25, -0.2) is 0 Å². The van der Waals surface area contributed by atoms with Gasteiger partial charge in [-0.05, 0) is 24.7 Å². The van der Waals surface area contributed by atoms with Crippen molar-refractivity contribution in [2.45, 2.75) is 57.0 Å². The van der Waals surface area contributed by atoms with Crippen molar-refractivity contribution < 1.29 is 15.3 Å². The van der Waals surface area contributed by atoms with Crippen LogP contribution in [-0.2, 0) is 0 Å². The SMILES string of the molecule is C[C@@H]1CCCC[C@@H]1N1CC(CN2C[C@@H](O)[C@H](O)[C@@H](O)C2)C1. The summed E-state index contributed by atoms with van der Waals surface area (Å²) in [5, 5.41) is 29.1. The minimum Gasteiger partial charge on any atom is -0.389 e. The molecule has 122 valence electrons. The van der Waals surface area contributed by atoms with E-state index in [1.807, 2.05) is 0 Å². The molecule has 5 heteroatoms. The zero-order valence-electron chi connectivity index (χ0n) is 13.1. The smallest absolute Gasteiger partial charge is 0.108 e. The first-order chi connectivity index (χ1) is 10.0. The van der Waals surface area contributed by atoms with Crippen LogP contribution in [0.5, 0.6) is 0 Å². The molecule has 3 fully saturated rings. The van der Waals surface area contributed by atoms with E-state index in [0.717, 1.165) is 31.6 Å². The lowest BCUT2D eigenvalue weighted by molar-refractivity contribution is -0.117. The van der Waals surface area contributed by atoms with Crippen molar-refractivity contribution in [2.75, 3.05) is 32.7 Å². The molecule has 0 unspecified atom stereocenters. The molecule has 0 aromatic rings. The molecule has 0 amide bonds. The first kappa shape index (κ1) is 15.7. The lowest BCUT2D eigenvalue weighted by Gasteiger charge is -2.50. The number of β-amino-alcohol motifs (C(OH)–C–C–N with tert-alkyl or cyclic N) is 2. The van der Waals surface area contributed by atoms with Gasteiger partial charge in [0.1, 0.15) is 6.10 Å². The lowest BCUT2D eigenvalue weighted by Crippen LogP contribution is -2.61. The number of aliphatic hydroxyl groups excluding tert-OH is 3. The molecule has 2 aliphatic heterocycles. The van der Waals surface area contributed by atoms with E-state index in [1.54, 1.807) is 0 Å². The second-order valence-electron chi connectivity index (χ2n) is 7.49. The molecule has 3 rings (SSSR count). The maximum atomic E-state index is 9.75. The van der Waals surface area contributed by atoms with Crippen LogP contribution in [0, 0.1) is 11.8 Å². The standard InChI is InChI=1S/C16H30N2O3/c1-11-4-2-3-5-13(11)18-7-12(8-18)6-17-9-14(19)16(21)15(20)10-17/h11-16,19-21H,2-10H2,1H3/t11-,13+,14-,15+,16+/m1/s1. The van der Waals surface area contributed by atoms with Gasteiger partial charge < -0.3 is 15.3 Å². The van der Waals surface area contributed by atoms with Crippen LogP contribution in [0.1, 0.15) is 32.6 Å². The van der Waals surface area contributed by atoms with Gasteiger partial charge in [0.15, 0.2) is 0 Å². The van der Waals surface area contributed by atoms with Crippen LogP contribution >= 0.6 is 0 Å². The van der Waals surface area contributed by atoms with Crippen LogP contribution in [0.15, 0.2) is 0 Å². The van der Waals surface area contributed by atoms with Crippen molar-refractivity contribution in [2.24, 2.45) is 11.8 Å². The minimum atomic E-state index is -0.984. The van der Waals surface area contributed by atoms with E-state index in [0.29, 0.717) is 19.0 Å². The summed E-state index contributed by atoms with van der Waals surface area (Å²) in [4.78, 5) is 4.73. The molecule has 0 radical (unpaired) electrons. The Balaban J connectivity index is 1.42. The van der Waals surface area contributed by atoms with Crippen LogP contribution in [0.25, 0.3) is 0 Å². The van der Waals surface area contributed by atoms with Gasteiger partial charge in [0.25, 0.3) is 0 Å². The number of piperidine rings is 1. The quantitative estimate of drug-likeness (QED) is 0.679. The summed E-state index contributed by atoms with van der Waals surface area (Å²) in [7, 11) is 0. The summed E-state index contributed by atoms with van der Waals surface area (Å²) in [6.45, 7) is 6.58. The van der Waals surface area contributed by atoms with Crippen LogP contribution in [0.3, 0.4) is 0 Å². The molecule has 2 heterocycles. The number of aliphatic hydroxyl groups is 3. The highest BCUT2D eigenvalue weighted by molar-refractivity contribution is 4.93. The highest BCUT2D eigenvalue weighted by atomic mass is 16.4. The average Bonchev–Trinajstić information content (AvgIpc) is 2.41. The van der Waals surface area contributed by atoms with Crippen molar-refractivity contribution in [3.05, 3.63) is 0 Å². The second-order valence-corrected chi connectivity index (χ2v) is 7.49. The monoisotopic (exact) mass is 298 g/mol. The van der Waals surface area contributed by atoms with Crippen LogP contribution in [0.4, 0.5) is 0 Å². The Hall–Kier alpha value is -0.200. The van der Waals surface area contributed by atoms with Crippen LogP contribution in [-0.4, -0.2) is 82.2 Å². The molecule has 1 saturated carbocycles.